The molecule has 0 amide bonds. The van der Waals surface area contributed by atoms with E-state index in [0.29, 0.717) is 17.5 Å². The van der Waals surface area contributed by atoms with E-state index in [9.17, 15) is 0 Å². The molecule has 0 bridgehead atoms. The molecule has 0 saturated heterocycles. The van der Waals surface area contributed by atoms with Crippen LogP contribution in [0.5, 0.6) is 5.75 Å². The van der Waals surface area contributed by atoms with Gasteiger partial charge < -0.3 is 9.15 Å². The van der Waals surface area contributed by atoms with Crippen molar-refractivity contribution in [2.75, 3.05) is 7.11 Å². The average molecular weight is 410 g/mol. The van der Waals surface area contributed by atoms with Gasteiger partial charge in [-0.05, 0) is 23.3 Å². The number of hydrogen-bond donors (Lipinski definition) is 0. The number of aromatic nitrogens is 3. The smallest absolute Gasteiger partial charge is 0.276 e. The Morgan fingerprint density at radius 1 is 0.964 bits per heavy atom. The summed E-state index contributed by atoms with van der Waals surface area (Å²) in [7, 11) is 1.66. The van der Waals surface area contributed by atoms with Crippen molar-refractivity contribution in [1.29, 1.82) is 0 Å². The molecule has 0 aliphatic heterocycles. The van der Waals surface area contributed by atoms with Gasteiger partial charge in [0, 0.05) is 17.6 Å². The largest absolute Gasteiger partial charge is 0.497 e. The molecule has 0 fully saturated rings. The molecule has 28 heavy (non-hydrogen) atoms. The monoisotopic (exact) mass is 409 g/mol. The molecule has 0 radical (unpaired) electrons. The molecule has 0 spiro atoms. The number of rotatable bonds is 8. The van der Waals surface area contributed by atoms with E-state index in [1.807, 2.05) is 30.3 Å². The summed E-state index contributed by atoms with van der Waals surface area (Å²) in [6.07, 6.45) is 1.47. The first-order chi connectivity index (χ1) is 13.8. The Balaban J connectivity index is 1.30. The lowest BCUT2D eigenvalue weighted by Gasteiger charge is -2.00. The zero-order chi connectivity index (χ0) is 19.2. The molecule has 2 heterocycles. The third-order valence-corrected chi connectivity index (χ3v) is 5.85. The van der Waals surface area contributed by atoms with E-state index in [-0.39, 0.29) is 0 Å². The molecule has 4 rings (SSSR count). The minimum atomic E-state index is 0.570. The van der Waals surface area contributed by atoms with Gasteiger partial charge in [0.15, 0.2) is 0 Å². The van der Waals surface area contributed by atoms with Crippen LogP contribution in [-0.2, 0) is 18.6 Å². The maximum atomic E-state index is 5.75. The van der Waals surface area contributed by atoms with Gasteiger partial charge in [-0.2, -0.15) is 0 Å². The second kappa shape index (κ2) is 9.03. The molecule has 4 aromatic rings. The predicted octanol–water partition coefficient (Wildman–Crippen LogP) is 5.01. The van der Waals surface area contributed by atoms with Crippen LogP contribution >= 0.6 is 23.1 Å². The molecule has 7 heteroatoms. The maximum Gasteiger partial charge on any atom is 0.276 e. The van der Waals surface area contributed by atoms with Crippen molar-refractivity contribution in [1.82, 2.24) is 15.2 Å². The molecule has 0 aliphatic rings. The fourth-order valence-electron chi connectivity index (χ4n) is 2.69. The van der Waals surface area contributed by atoms with Crippen LogP contribution in [-0.4, -0.2) is 22.3 Å². The van der Waals surface area contributed by atoms with Gasteiger partial charge in [-0.1, -0.05) is 54.2 Å². The van der Waals surface area contributed by atoms with Gasteiger partial charge in [0.25, 0.3) is 5.22 Å². The number of hydrogen-bond acceptors (Lipinski definition) is 7. The fourth-order valence-corrected chi connectivity index (χ4v) is 4.30. The van der Waals surface area contributed by atoms with Gasteiger partial charge in [-0.15, -0.1) is 21.5 Å². The lowest BCUT2D eigenvalue weighted by Crippen LogP contribution is -1.89. The summed E-state index contributed by atoms with van der Waals surface area (Å²) in [6.45, 7) is 0. The third-order valence-electron chi connectivity index (χ3n) is 4.10. The Morgan fingerprint density at radius 3 is 2.54 bits per heavy atom. The highest BCUT2D eigenvalue weighted by molar-refractivity contribution is 7.98. The topological polar surface area (TPSA) is 61.0 Å². The van der Waals surface area contributed by atoms with Crippen molar-refractivity contribution in [2.45, 2.75) is 23.8 Å². The van der Waals surface area contributed by atoms with Crippen LogP contribution < -0.4 is 4.74 Å². The van der Waals surface area contributed by atoms with Crippen molar-refractivity contribution >= 4 is 23.1 Å². The SMILES string of the molecule is COc1ccc(Cc2nnc(SCc3csc(Cc4ccccc4)n3)o2)cc1. The van der Waals surface area contributed by atoms with E-state index in [4.69, 9.17) is 14.1 Å². The van der Waals surface area contributed by atoms with Gasteiger partial charge in [0.2, 0.25) is 5.89 Å². The normalized spacial score (nSPS) is 10.9. The van der Waals surface area contributed by atoms with Crippen molar-refractivity contribution in [3.63, 3.8) is 0 Å². The van der Waals surface area contributed by atoms with Gasteiger partial charge in [-0.3, -0.25) is 0 Å². The first-order valence-electron chi connectivity index (χ1n) is 8.84. The van der Waals surface area contributed by atoms with Crippen LogP contribution in [0.2, 0.25) is 0 Å². The molecular weight excluding hydrogens is 390 g/mol. The second-order valence-electron chi connectivity index (χ2n) is 6.17. The molecular formula is C21H19N3O2S2. The zero-order valence-corrected chi connectivity index (χ0v) is 17.0. The first kappa shape index (κ1) is 18.7. The predicted molar refractivity (Wildman–Crippen MR) is 111 cm³/mol. The highest BCUT2D eigenvalue weighted by Gasteiger charge is 2.10. The summed E-state index contributed by atoms with van der Waals surface area (Å²) in [4.78, 5) is 4.71. The highest BCUT2D eigenvalue weighted by Crippen LogP contribution is 2.24. The zero-order valence-electron chi connectivity index (χ0n) is 15.4. The van der Waals surface area contributed by atoms with Gasteiger partial charge in [0.1, 0.15) is 5.75 Å². The van der Waals surface area contributed by atoms with E-state index in [1.165, 1.54) is 17.3 Å². The standard InChI is InChI=1S/C21H19N3O2S2/c1-25-18-9-7-16(8-10-18)11-19-23-24-21(26-19)28-14-17-13-27-20(22-17)12-15-5-3-2-4-6-15/h2-10,13H,11-12,14H2,1H3. The first-order valence-corrected chi connectivity index (χ1v) is 10.7. The van der Waals surface area contributed by atoms with Crippen molar-refractivity contribution in [3.05, 3.63) is 87.7 Å². The quantitative estimate of drug-likeness (QED) is 0.381. The molecule has 2 aromatic carbocycles. The Hall–Kier alpha value is -2.64. The molecule has 0 saturated carbocycles. The minimum Gasteiger partial charge on any atom is -0.497 e. The summed E-state index contributed by atoms with van der Waals surface area (Å²) in [5.41, 5.74) is 3.41. The maximum absolute atomic E-state index is 5.75. The van der Waals surface area contributed by atoms with Crippen LogP contribution in [0.1, 0.15) is 27.7 Å². The highest BCUT2D eigenvalue weighted by atomic mass is 32.2. The van der Waals surface area contributed by atoms with E-state index in [0.717, 1.165) is 34.2 Å². The molecule has 0 atom stereocenters. The van der Waals surface area contributed by atoms with E-state index in [1.54, 1.807) is 18.4 Å². The number of methoxy groups -OCH3 is 1. The molecule has 2 aromatic heterocycles. The summed E-state index contributed by atoms with van der Waals surface area (Å²) >= 11 is 3.20. The van der Waals surface area contributed by atoms with E-state index >= 15 is 0 Å². The number of thioether (sulfide) groups is 1. The Morgan fingerprint density at radius 2 is 1.75 bits per heavy atom. The number of nitrogens with zero attached hydrogens (tertiary/aromatic N) is 3. The van der Waals surface area contributed by atoms with E-state index in [2.05, 4.69) is 39.8 Å². The summed E-state index contributed by atoms with van der Waals surface area (Å²) in [5.74, 6) is 2.16. The molecule has 142 valence electrons. The molecule has 0 unspecified atom stereocenters. The van der Waals surface area contributed by atoms with Crippen molar-refractivity contribution in [3.8, 4) is 5.75 Å². The van der Waals surface area contributed by atoms with Gasteiger partial charge in [0.05, 0.1) is 24.2 Å². The average Bonchev–Trinajstić information content (AvgIpc) is 3.37. The lowest BCUT2D eigenvalue weighted by atomic mass is 10.1. The van der Waals surface area contributed by atoms with Crippen LogP contribution in [0, 0.1) is 0 Å². The fraction of sp³-hybridized carbons (Fsp3) is 0.190. The summed E-state index contributed by atoms with van der Waals surface area (Å²) < 4.78 is 10.9. The van der Waals surface area contributed by atoms with E-state index < -0.39 is 0 Å². The Bertz CT molecular complexity index is 1010. The summed E-state index contributed by atoms with van der Waals surface area (Å²) in [5, 5.41) is 12.1. The van der Waals surface area contributed by atoms with Crippen LogP contribution in [0.25, 0.3) is 0 Å². The van der Waals surface area contributed by atoms with Crippen LogP contribution in [0.4, 0.5) is 0 Å². The Labute approximate surface area is 171 Å². The third kappa shape index (κ3) is 4.99. The van der Waals surface area contributed by atoms with Gasteiger partial charge in [-0.25, -0.2) is 4.98 Å². The van der Waals surface area contributed by atoms with Gasteiger partial charge >= 0.3 is 0 Å². The minimum absolute atomic E-state index is 0.570. The van der Waals surface area contributed by atoms with Crippen molar-refractivity contribution < 1.29 is 9.15 Å². The van der Waals surface area contributed by atoms with Crippen molar-refractivity contribution in [2.24, 2.45) is 0 Å². The molecule has 0 aliphatic carbocycles. The number of benzene rings is 2. The number of ether oxygens (including phenoxy) is 1. The second-order valence-corrected chi connectivity index (χ2v) is 8.04. The Kier molecular flexibility index (Phi) is 6.04. The van der Waals surface area contributed by atoms with Crippen LogP contribution in [0.3, 0.4) is 0 Å². The molecule has 5 nitrogen and oxygen atoms in total. The lowest BCUT2D eigenvalue weighted by molar-refractivity contribution is 0.413. The molecule has 0 N–H and O–H groups in total. The van der Waals surface area contributed by atoms with Crippen LogP contribution in [0.15, 0.2) is 69.6 Å². The summed E-state index contributed by atoms with van der Waals surface area (Å²) in [6, 6.07) is 18.2. The number of thiazole rings is 1.